The Morgan fingerprint density at radius 2 is 1.68 bits per heavy atom. The molecular formula is C34H30ClF6N7O4S. The lowest BCUT2D eigenvalue weighted by molar-refractivity contribution is -0.143. The molecule has 1 fully saturated rings. The molecule has 11 nitrogen and oxygen atoms in total. The third-order valence-electron chi connectivity index (χ3n) is 8.38. The summed E-state index contributed by atoms with van der Waals surface area (Å²) in [7, 11) is -4.33. The van der Waals surface area contributed by atoms with Crippen LogP contribution >= 0.6 is 11.6 Å². The van der Waals surface area contributed by atoms with Gasteiger partial charge in [-0.15, -0.1) is 0 Å². The molecule has 4 aromatic rings. The molecule has 1 saturated carbocycles. The summed E-state index contributed by atoms with van der Waals surface area (Å²) in [6, 6.07) is 9.38. The molecule has 2 aromatic carbocycles. The molecule has 2 aromatic heterocycles. The first kappa shape index (κ1) is 39.2. The van der Waals surface area contributed by atoms with E-state index in [9.17, 15) is 49.6 Å². The zero-order valence-electron chi connectivity index (χ0n) is 28.1. The van der Waals surface area contributed by atoms with E-state index in [-0.39, 0.29) is 51.2 Å². The normalized spacial score (nSPS) is 14.2. The number of nitriles is 1. The molecule has 0 saturated heterocycles. The number of aromatic nitrogens is 3. The van der Waals surface area contributed by atoms with Crippen LogP contribution in [-0.4, -0.2) is 51.6 Å². The first-order valence-corrected chi connectivity index (χ1v) is 18.0. The summed E-state index contributed by atoms with van der Waals surface area (Å²) in [5, 5.41) is 19.4. The molecule has 2 N–H and O–H groups in total. The Morgan fingerprint density at radius 1 is 1.04 bits per heavy atom. The minimum absolute atomic E-state index is 0.00324. The van der Waals surface area contributed by atoms with E-state index in [0.29, 0.717) is 34.2 Å². The number of sulfonamides is 1. The van der Waals surface area contributed by atoms with Crippen molar-refractivity contribution < 1.29 is 44.3 Å². The average molecular weight is 782 g/mol. The van der Waals surface area contributed by atoms with Gasteiger partial charge in [0, 0.05) is 18.8 Å². The first-order valence-electron chi connectivity index (χ1n) is 15.8. The van der Waals surface area contributed by atoms with Gasteiger partial charge in [-0.2, -0.15) is 41.0 Å². The molecule has 53 heavy (non-hydrogen) atoms. The molecule has 0 aliphatic heterocycles. The molecule has 1 aliphatic rings. The molecular weight excluding hydrogens is 752 g/mol. The third kappa shape index (κ3) is 9.33. The molecule has 0 radical (unpaired) electrons. The number of aryl methyl sites for hydroxylation is 1. The maximum absolute atomic E-state index is 14.0. The van der Waals surface area contributed by atoms with Gasteiger partial charge in [0.25, 0.3) is 11.8 Å². The monoisotopic (exact) mass is 781 g/mol. The number of nitrogens with one attached hydrogen (secondary N) is 2. The van der Waals surface area contributed by atoms with Gasteiger partial charge in [0.2, 0.25) is 10.0 Å². The zero-order valence-corrected chi connectivity index (χ0v) is 29.7. The number of carbonyl (C=O) groups excluding carboxylic acids is 2. The summed E-state index contributed by atoms with van der Waals surface area (Å²) in [5.41, 5.74) is -3.76. The Balaban J connectivity index is 1.54. The number of carbonyl (C=O) groups is 2. The van der Waals surface area contributed by atoms with Crippen molar-refractivity contribution in [3.8, 4) is 11.9 Å². The van der Waals surface area contributed by atoms with Gasteiger partial charge in [-0.25, -0.2) is 18.1 Å². The quantitative estimate of drug-likeness (QED) is 0.158. The van der Waals surface area contributed by atoms with Crippen molar-refractivity contribution in [1.29, 1.82) is 5.26 Å². The standard InChI is InChI=1S/C34H30ClF6N7O4S/c1-18-9-20(15-42)12-26(31(49)44-19(2)22-6-7-22)29(18)45-32(50)28-14-25(46-48(28)30-27(35)5-4-8-43-30)17-47(53(3,51)52)16-21-10-23(33(36,37)38)13-24(11-21)34(39,40)41/h4-5,8-14,19,22H,6-7,16-17H2,1-3H3,(H,44,49)(H,45,50). The van der Waals surface area contributed by atoms with Gasteiger partial charge >= 0.3 is 12.4 Å². The molecule has 2 heterocycles. The lowest BCUT2D eigenvalue weighted by atomic mass is 10.0. The van der Waals surface area contributed by atoms with Gasteiger partial charge < -0.3 is 10.6 Å². The highest BCUT2D eigenvalue weighted by Crippen LogP contribution is 2.37. The van der Waals surface area contributed by atoms with Crippen LogP contribution in [0.1, 0.15) is 74.1 Å². The highest BCUT2D eigenvalue weighted by molar-refractivity contribution is 7.88. The fourth-order valence-electron chi connectivity index (χ4n) is 5.52. The van der Waals surface area contributed by atoms with E-state index in [1.54, 1.807) is 6.92 Å². The smallest absolute Gasteiger partial charge is 0.349 e. The van der Waals surface area contributed by atoms with Gasteiger partial charge in [0.05, 0.1) is 57.5 Å². The Bertz CT molecular complexity index is 2200. The van der Waals surface area contributed by atoms with Crippen LogP contribution in [-0.2, 0) is 35.5 Å². The second kappa shape index (κ2) is 14.8. The summed E-state index contributed by atoms with van der Waals surface area (Å²) in [4.78, 5) is 31.6. The number of halogens is 7. The van der Waals surface area contributed by atoms with E-state index in [0.717, 1.165) is 23.6 Å². The minimum atomic E-state index is -5.17. The third-order valence-corrected chi connectivity index (χ3v) is 9.87. The number of rotatable bonds is 11. The Labute approximate surface area is 304 Å². The largest absolute Gasteiger partial charge is 0.416 e. The van der Waals surface area contributed by atoms with Crippen molar-refractivity contribution in [3.05, 3.63) is 105 Å². The van der Waals surface area contributed by atoms with Gasteiger partial charge in [-0.3, -0.25) is 9.59 Å². The van der Waals surface area contributed by atoms with Crippen LogP contribution in [0.5, 0.6) is 0 Å². The summed E-state index contributed by atoms with van der Waals surface area (Å²) >= 11 is 6.37. The highest BCUT2D eigenvalue weighted by atomic mass is 35.5. The van der Waals surface area contributed by atoms with E-state index in [2.05, 4.69) is 20.7 Å². The van der Waals surface area contributed by atoms with Crippen molar-refractivity contribution in [3.63, 3.8) is 0 Å². The van der Waals surface area contributed by atoms with Crippen molar-refractivity contribution in [2.24, 2.45) is 5.92 Å². The van der Waals surface area contributed by atoms with E-state index in [4.69, 9.17) is 11.6 Å². The Kier molecular flexibility index (Phi) is 11.0. The molecule has 1 atom stereocenters. The predicted octanol–water partition coefficient (Wildman–Crippen LogP) is 6.88. The fourth-order valence-corrected chi connectivity index (χ4v) is 6.47. The van der Waals surface area contributed by atoms with Crippen LogP contribution in [0.15, 0.2) is 54.7 Å². The number of alkyl halides is 6. The van der Waals surface area contributed by atoms with Crippen LogP contribution in [0.3, 0.4) is 0 Å². The number of nitrogens with zero attached hydrogens (tertiary/aromatic N) is 5. The van der Waals surface area contributed by atoms with E-state index in [1.807, 2.05) is 13.0 Å². The van der Waals surface area contributed by atoms with Gasteiger partial charge in [0.1, 0.15) is 5.69 Å². The first-order chi connectivity index (χ1) is 24.6. The van der Waals surface area contributed by atoms with Gasteiger partial charge in [-0.05, 0) is 92.3 Å². The minimum Gasteiger partial charge on any atom is -0.349 e. The van der Waals surface area contributed by atoms with Crippen LogP contribution in [0.4, 0.5) is 32.0 Å². The molecule has 0 bridgehead atoms. The van der Waals surface area contributed by atoms with Crippen LogP contribution in [0.2, 0.25) is 5.02 Å². The molecule has 0 spiro atoms. The van der Waals surface area contributed by atoms with E-state index >= 15 is 0 Å². The van der Waals surface area contributed by atoms with Gasteiger partial charge in [0.15, 0.2) is 5.82 Å². The highest BCUT2D eigenvalue weighted by Gasteiger charge is 2.37. The Hall–Kier alpha value is -4.99. The SMILES string of the molecule is Cc1cc(C#N)cc(C(=O)NC(C)C2CC2)c1NC(=O)c1cc(CN(Cc2cc(C(F)(F)F)cc(C(F)(F)F)c2)S(C)(=O)=O)nn1-c1ncccc1Cl. The van der Waals surface area contributed by atoms with Crippen molar-refractivity contribution in [2.75, 3.05) is 11.6 Å². The Morgan fingerprint density at radius 3 is 2.23 bits per heavy atom. The van der Waals surface area contributed by atoms with Crippen molar-refractivity contribution >= 4 is 39.1 Å². The summed E-state index contributed by atoms with van der Waals surface area (Å²) in [5.74, 6) is -1.23. The molecule has 2 amide bonds. The lowest BCUT2D eigenvalue weighted by Gasteiger charge is -2.21. The van der Waals surface area contributed by atoms with Crippen molar-refractivity contribution in [1.82, 2.24) is 24.4 Å². The van der Waals surface area contributed by atoms with E-state index < -0.39 is 64.0 Å². The summed E-state index contributed by atoms with van der Waals surface area (Å²) in [6.45, 7) is 1.77. The summed E-state index contributed by atoms with van der Waals surface area (Å²) in [6.07, 6.45) is -6.43. The lowest BCUT2D eigenvalue weighted by Crippen LogP contribution is -2.35. The average Bonchev–Trinajstić information content (AvgIpc) is 3.84. The number of pyridine rings is 1. The van der Waals surface area contributed by atoms with Crippen molar-refractivity contribution in [2.45, 2.75) is 58.2 Å². The van der Waals surface area contributed by atoms with Crippen LogP contribution in [0, 0.1) is 24.2 Å². The number of hydrogen-bond donors (Lipinski definition) is 2. The molecule has 280 valence electrons. The zero-order chi connectivity index (χ0) is 39.0. The van der Waals surface area contributed by atoms with Crippen LogP contribution < -0.4 is 10.6 Å². The second-order valence-electron chi connectivity index (χ2n) is 12.6. The number of benzene rings is 2. The second-order valence-corrected chi connectivity index (χ2v) is 15.0. The maximum atomic E-state index is 14.0. The predicted molar refractivity (Wildman–Crippen MR) is 180 cm³/mol. The number of amides is 2. The molecule has 1 unspecified atom stereocenters. The molecule has 1 aliphatic carbocycles. The topological polar surface area (TPSA) is 150 Å². The van der Waals surface area contributed by atoms with E-state index in [1.165, 1.54) is 30.5 Å². The molecule has 5 rings (SSSR count). The molecule has 19 heteroatoms. The van der Waals surface area contributed by atoms with Gasteiger partial charge in [-0.1, -0.05) is 11.6 Å². The maximum Gasteiger partial charge on any atom is 0.416 e. The summed E-state index contributed by atoms with van der Waals surface area (Å²) < 4.78 is 109. The number of hydrogen-bond acceptors (Lipinski definition) is 7. The van der Waals surface area contributed by atoms with Crippen LogP contribution in [0.25, 0.3) is 5.82 Å². The fraction of sp³-hybridized carbons (Fsp3) is 0.324. The number of anilines is 1.